The van der Waals surface area contributed by atoms with Gasteiger partial charge < -0.3 is 9.64 Å². The molecule has 2 rings (SSSR count). The Morgan fingerprint density at radius 1 is 1.26 bits per heavy atom. The maximum absolute atomic E-state index is 5.36. The van der Waals surface area contributed by atoms with Crippen LogP contribution in [0.2, 0.25) is 13.1 Å². The number of ether oxygens (including phenoxy) is 1. The highest BCUT2D eigenvalue weighted by molar-refractivity contribution is 6.77. The summed E-state index contributed by atoms with van der Waals surface area (Å²) in [5.41, 5.74) is 1.50. The van der Waals surface area contributed by atoms with Crippen molar-refractivity contribution in [2.45, 2.75) is 38.0 Å². The van der Waals surface area contributed by atoms with Crippen molar-refractivity contribution in [2.24, 2.45) is 0 Å². The van der Waals surface area contributed by atoms with Crippen molar-refractivity contribution in [3.63, 3.8) is 0 Å². The van der Waals surface area contributed by atoms with Gasteiger partial charge in [0.15, 0.2) is 0 Å². The normalized spacial score (nSPS) is 20.9. The first-order valence-electron chi connectivity index (χ1n) is 7.38. The van der Waals surface area contributed by atoms with Gasteiger partial charge in [-0.15, -0.1) is 0 Å². The van der Waals surface area contributed by atoms with Gasteiger partial charge >= 0.3 is 0 Å². The largest absolute Gasteiger partial charge is 0.383 e. The van der Waals surface area contributed by atoms with Crippen LogP contribution in [-0.4, -0.2) is 45.4 Å². The van der Waals surface area contributed by atoms with E-state index in [-0.39, 0.29) is 0 Å². The molecular formula is C16H27NOSi. The summed E-state index contributed by atoms with van der Waals surface area (Å²) in [6.45, 7) is 7.19. The van der Waals surface area contributed by atoms with Gasteiger partial charge in [0.05, 0.1) is 14.7 Å². The van der Waals surface area contributed by atoms with Gasteiger partial charge in [-0.05, 0) is 31.6 Å². The molecule has 1 saturated heterocycles. The van der Waals surface area contributed by atoms with Crippen LogP contribution in [0, 0.1) is 0 Å². The molecule has 1 atom stereocenters. The molecule has 2 nitrogen and oxygen atoms in total. The summed E-state index contributed by atoms with van der Waals surface area (Å²) in [5, 5.41) is 0. The van der Waals surface area contributed by atoms with Crippen molar-refractivity contribution in [2.75, 3.05) is 26.4 Å². The number of rotatable bonds is 6. The van der Waals surface area contributed by atoms with E-state index in [1.54, 1.807) is 0 Å². The summed E-state index contributed by atoms with van der Waals surface area (Å²) in [5.74, 6) is 0. The first-order valence-corrected chi connectivity index (χ1v) is 10.8. The molecule has 0 aliphatic carbocycles. The third-order valence-electron chi connectivity index (χ3n) is 4.01. The monoisotopic (exact) mass is 277 g/mol. The average Bonchev–Trinajstić information content (AvgIpc) is 2.77. The fourth-order valence-corrected chi connectivity index (χ4v) is 6.21. The van der Waals surface area contributed by atoms with E-state index in [0.29, 0.717) is 6.04 Å². The van der Waals surface area contributed by atoms with Crippen LogP contribution in [0.1, 0.15) is 18.4 Å². The summed E-state index contributed by atoms with van der Waals surface area (Å²) < 4.78 is 5.36. The van der Waals surface area contributed by atoms with Gasteiger partial charge in [0.2, 0.25) is 0 Å². The highest BCUT2D eigenvalue weighted by Crippen LogP contribution is 2.21. The number of hydrogen-bond donors (Lipinski definition) is 0. The summed E-state index contributed by atoms with van der Waals surface area (Å²) in [7, 11) is 0.613. The SMILES string of the molecule is COC[C@@H]1CCCN1C[Si](C)(C)Cc1ccccc1. The number of hydrogen-bond acceptors (Lipinski definition) is 2. The highest BCUT2D eigenvalue weighted by atomic mass is 28.3. The molecule has 0 saturated carbocycles. The molecule has 0 unspecified atom stereocenters. The molecule has 1 fully saturated rings. The lowest BCUT2D eigenvalue weighted by molar-refractivity contribution is 0.124. The molecule has 1 aromatic rings. The van der Waals surface area contributed by atoms with E-state index in [9.17, 15) is 0 Å². The van der Waals surface area contributed by atoms with Crippen molar-refractivity contribution < 1.29 is 4.74 Å². The third-order valence-corrected chi connectivity index (χ3v) is 6.64. The summed E-state index contributed by atoms with van der Waals surface area (Å²) in [4.78, 5) is 2.68. The van der Waals surface area contributed by atoms with Crippen LogP contribution < -0.4 is 0 Å². The lowest BCUT2D eigenvalue weighted by Crippen LogP contribution is -2.47. The molecule has 1 heterocycles. The van der Waals surface area contributed by atoms with Gasteiger partial charge in [-0.1, -0.05) is 49.0 Å². The lowest BCUT2D eigenvalue weighted by Gasteiger charge is -2.32. The zero-order valence-electron chi connectivity index (χ0n) is 12.6. The van der Waals surface area contributed by atoms with Crippen LogP contribution >= 0.6 is 0 Å². The maximum atomic E-state index is 5.36. The summed E-state index contributed by atoms with van der Waals surface area (Å²) in [6.07, 6.45) is 3.95. The summed E-state index contributed by atoms with van der Waals surface area (Å²) >= 11 is 0. The number of likely N-dealkylation sites (tertiary alicyclic amines) is 1. The smallest absolute Gasteiger partial charge is 0.0672 e. The molecule has 19 heavy (non-hydrogen) atoms. The van der Waals surface area contributed by atoms with E-state index in [0.717, 1.165) is 6.61 Å². The molecule has 0 spiro atoms. The fourth-order valence-electron chi connectivity index (χ4n) is 3.24. The first-order chi connectivity index (χ1) is 9.11. The molecule has 1 aliphatic heterocycles. The van der Waals surface area contributed by atoms with Crippen molar-refractivity contribution >= 4 is 8.07 Å². The Bertz CT molecular complexity index is 380. The zero-order chi connectivity index (χ0) is 13.7. The number of benzene rings is 1. The van der Waals surface area contributed by atoms with Gasteiger partial charge in [0.1, 0.15) is 0 Å². The van der Waals surface area contributed by atoms with Gasteiger partial charge in [-0.3, -0.25) is 0 Å². The van der Waals surface area contributed by atoms with E-state index in [2.05, 4.69) is 48.3 Å². The van der Waals surface area contributed by atoms with Crippen LogP contribution in [0.15, 0.2) is 30.3 Å². The average molecular weight is 277 g/mol. The standard InChI is InChI=1S/C16H27NOSi/c1-18-12-16-10-7-11-17(16)14-19(2,3)13-15-8-5-4-6-9-15/h4-6,8-9,16H,7,10-14H2,1-3H3/t16-/m0/s1. The molecular weight excluding hydrogens is 250 g/mol. The van der Waals surface area contributed by atoms with E-state index in [4.69, 9.17) is 4.74 Å². The van der Waals surface area contributed by atoms with Crippen LogP contribution in [0.4, 0.5) is 0 Å². The maximum Gasteiger partial charge on any atom is 0.0672 e. The summed E-state index contributed by atoms with van der Waals surface area (Å²) in [6, 6.07) is 12.9. The van der Waals surface area contributed by atoms with Gasteiger partial charge in [-0.25, -0.2) is 0 Å². The van der Waals surface area contributed by atoms with Crippen molar-refractivity contribution in [3.8, 4) is 0 Å². The van der Waals surface area contributed by atoms with Crippen LogP contribution in [0.5, 0.6) is 0 Å². The Labute approximate surface area is 118 Å². The Kier molecular flexibility index (Phi) is 5.19. The second kappa shape index (κ2) is 6.68. The van der Waals surface area contributed by atoms with Gasteiger partial charge in [-0.2, -0.15) is 0 Å². The number of methoxy groups -OCH3 is 1. The van der Waals surface area contributed by atoms with E-state index in [1.807, 2.05) is 7.11 Å². The van der Waals surface area contributed by atoms with E-state index >= 15 is 0 Å². The van der Waals surface area contributed by atoms with Crippen molar-refractivity contribution in [1.29, 1.82) is 0 Å². The Balaban J connectivity index is 1.93. The van der Waals surface area contributed by atoms with Crippen LogP contribution in [0.3, 0.4) is 0 Å². The molecule has 0 aromatic heterocycles. The molecule has 0 radical (unpaired) electrons. The lowest BCUT2D eigenvalue weighted by atomic mass is 10.2. The Morgan fingerprint density at radius 2 is 2.00 bits per heavy atom. The minimum atomic E-state index is -1.21. The quantitative estimate of drug-likeness (QED) is 0.741. The molecule has 1 aromatic carbocycles. The highest BCUT2D eigenvalue weighted by Gasteiger charge is 2.31. The van der Waals surface area contributed by atoms with Crippen molar-refractivity contribution in [1.82, 2.24) is 4.90 Å². The second-order valence-electron chi connectivity index (χ2n) is 6.55. The zero-order valence-corrected chi connectivity index (χ0v) is 13.6. The van der Waals surface area contributed by atoms with Crippen LogP contribution in [-0.2, 0) is 10.8 Å². The Morgan fingerprint density at radius 3 is 2.68 bits per heavy atom. The second-order valence-corrected chi connectivity index (χ2v) is 11.5. The predicted octanol–water partition coefficient (Wildman–Crippen LogP) is 3.13. The molecule has 0 N–H and O–H groups in total. The van der Waals surface area contributed by atoms with Crippen molar-refractivity contribution in [3.05, 3.63) is 35.9 Å². The molecule has 106 valence electrons. The Hall–Kier alpha value is -0.643. The minimum Gasteiger partial charge on any atom is -0.383 e. The fraction of sp³-hybridized carbons (Fsp3) is 0.625. The topological polar surface area (TPSA) is 12.5 Å². The van der Waals surface area contributed by atoms with Gasteiger partial charge in [0, 0.05) is 13.2 Å². The van der Waals surface area contributed by atoms with E-state index < -0.39 is 8.07 Å². The van der Waals surface area contributed by atoms with Crippen LogP contribution in [0.25, 0.3) is 0 Å². The van der Waals surface area contributed by atoms with Gasteiger partial charge in [0.25, 0.3) is 0 Å². The first kappa shape index (κ1) is 14.8. The third kappa shape index (κ3) is 4.44. The minimum absolute atomic E-state index is 0.660. The molecule has 0 amide bonds. The number of nitrogens with zero attached hydrogens (tertiary/aromatic N) is 1. The van der Waals surface area contributed by atoms with E-state index in [1.165, 1.54) is 37.2 Å². The molecule has 1 aliphatic rings. The molecule has 3 heteroatoms. The predicted molar refractivity (Wildman–Crippen MR) is 84.1 cm³/mol. The molecule has 0 bridgehead atoms.